The van der Waals surface area contributed by atoms with E-state index in [0.717, 1.165) is 44.0 Å². The lowest BCUT2D eigenvalue weighted by atomic mass is 10.0. The van der Waals surface area contributed by atoms with Crippen LogP contribution in [0.1, 0.15) is 35.0 Å². The van der Waals surface area contributed by atoms with Gasteiger partial charge in [-0.1, -0.05) is 24.3 Å². The van der Waals surface area contributed by atoms with Crippen LogP contribution >= 0.6 is 23.5 Å². The number of thioether (sulfide) groups is 2. The summed E-state index contributed by atoms with van der Waals surface area (Å²) < 4.78 is 11.6. The van der Waals surface area contributed by atoms with Crippen LogP contribution in [-0.2, 0) is 11.3 Å². The smallest absolute Gasteiger partial charge is 0.258 e. The molecular formula is C25H32N2O3S2. The van der Waals surface area contributed by atoms with Crippen LogP contribution in [0.5, 0.6) is 11.5 Å². The highest BCUT2D eigenvalue weighted by Gasteiger charge is 2.21. The topological polar surface area (TPSA) is 50.8 Å². The quantitative estimate of drug-likeness (QED) is 0.600. The Morgan fingerprint density at radius 2 is 1.81 bits per heavy atom. The summed E-state index contributed by atoms with van der Waals surface area (Å²) in [6.45, 7) is 2.93. The van der Waals surface area contributed by atoms with Crippen LogP contribution in [0.15, 0.2) is 48.5 Å². The predicted octanol–water partition coefficient (Wildman–Crippen LogP) is 4.72. The third-order valence-corrected chi connectivity index (χ3v) is 8.86. The number of hydrogen-bond donors (Lipinski definition) is 1. The molecule has 2 fully saturated rings. The first kappa shape index (κ1) is 23.3. The van der Waals surface area contributed by atoms with Gasteiger partial charge in [0.05, 0.1) is 11.7 Å². The second-order valence-corrected chi connectivity index (χ2v) is 11.0. The first-order valence-electron chi connectivity index (χ1n) is 11.3. The molecule has 32 heavy (non-hydrogen) atoms. The molecule has 2 aromatic rings. The number of hydrogen-bond acceptors (Lipinski definition) is 6. The van der Waals surface area contributed by atoms with Crippen molar-refractivity contribution in [1.29, 1.82) is 0 Å². The maximum absolute atomic E-state index is 12.4. The molecule has 2 heterocycles. The van der Waals surface area contributed by atoms with E-state index in [4.69, 9.17) is 9.47 Å². The van der Waals surface area contributed by atoms with E-state index in [2.05, 4.69) is 34.5 Å². The molecule has 7 heteroatoms. The molecule has 0 radical (unpaired) electrons. The Labute approximate surface area is 199 Å². The minimum atomic E-state index is -0.0429. The van der Waals surface area contributed by atoms with E-state index in [-0.39, 0.29) is 18.6 Å². The molecule has 1 N–H and O–H groups in total. The molecule has 0 unspecified atom stereocenters. The molecule has 2 aliphatic rings. The number of benzene rings is 2. The van der Waals surface area contributed by atoms with Gasteiger partial charge in [-0.3, -0.25) is 9.69 Å². The van der Waals surface area contributed by atoms with Gasteiger partial charge < -0.3 is 14.8 Å². The summed E-state index contributed by atoms with van der Waals surface area (Å²) in [5.74, 6) is 4.07. The maximum Gasteiger partial charge on any atom is 0.258 e. The second kappa shape index (κ2) is 11.9. The molecule has 4 rings (SSSR count). The van der Waals surface area contributed by atoms with Gasteiger partial charge in [0.15, 0.2) is 6.61 Å². The first-order chi connectivity index (χ1) is 15.7. The number of methoxy groups -OCH3 is 1. The number of piperidine rings is 1. The van der Waals surface area contributed by atoms with Crippen LogP contribution in [-0.4, -0.2) is 55.2 Å². The van der Waals surface area contributed by atoms with Gasteiger partial charge in [-0.25, -0.2) is 0 Å². The molecule has 0 spiro atoms. The summed E-state index contributed by atoms with van der Waals surface area (Å²) in [4.78, 5) is 14.8. The fourth-order valence-corrected chi connectivity index (χ4v) is 6.98. The third-order valence-electron chi connectivity index (χ3n) is 5.84. The van der Waals surface area contributed by atoms with Crippen molar-refractivity contribution in [2.75, 3.05) is 38.3 Å². The number of carbonyl (C=O) groups excluding carboxylic acids is 1. The molecule has 2 aliphatic heterocycles. The summed E-state index contributed by atoms with van der Waals surface area (Å²) in [6.07, 6.45) is 3.21. The number of ether oxygens (including phenoxy) is 2. The number of rotatable bonds is 8. The van der Waals surface area contributed by atoms with Crippen molar-refractivity contribution in [3.05, 3.63) is 59.7 Å². The van der Waals surface area contributed by atoms with E-state index >= 15 is 0 Å². The summed E-state index contributed by atoms with van der Waals surface area (Å²) >= 11 is 4.02. The molecular weight excluding hydrogens is 440 g/mol. The average Bonchev–Trinajstić information content (AvgIpc) is 2.85. The molecule has 1 amide bonds. The lowest BCUT2D eigenvalue weighted by Gasteiger charge is -2.32. The van der Waals surface area contributed by atoms with Gasteiger partial charge in [0.1, 0.15) is 11.5 Å². The Hall–Kier alpha value is -1.83. The average molecular weight is 473 g/mol. The standard InChI is InChI=1S/C25H32N2O3S2/c1-29-23-5-2-4-19(16-23)17-27-12-10-21(11-13-27)26-24(28)18-30-22-8-6-20(7-9-22)25-31-14-3-15-32-25/h2,4-9,16,21,25H,3,10-15,17-18H2,1H3,(H,26,28). The van der Waals surface area contributed by atoms with Crippen molar-refractivity contribution < 1.29 is 14.3 Å². The molecule has 2 saturated heterocycles. The molecule has 0 aliphatic carbocycles. The number of nitrogens with one attached hydrogen (secondary N) is 1. The summed E-state index contributed by atoms with van der Waals surface area (Å²) in [6, 6.07) is 16.7. The number of nitrogens with zero attached hydrogens (tertiary/aromatic N) is 1. The van der Waals surface area contributed by atoms with Crippen molar-refractivity contribution in [2.24, 2.45) is 0 Å². The normalized spacial score (nSPS) is 18.3. The van der Waals surface area contributed by atoms with E-state index in [1.54, 1.807) is 7.11 Å². The highest BCUT2D eigenvalue weighted by atomic mass is 32.2. The summed E-state index contributed by atoms with van der Waals surface area (Å²) in [5.41, 5.74) is 2.59. The molecule has 0 aromatic heterocycles. The minimum Gasteiger partial charge on any atom is -0.497 e. The van der Waals surface area contributed by atoms with E-state index < -0.39 is 0 Å². The van der Waals surface area contributed by atoms with Gasteiger partial charge >= 0.3 is 0 Å². The number of likely N-dealkylation sites (tertiary alicyclic amines) is 1. The Morgan fingerprint density at radius 1 is 1.06 bits per heavy atom. The number of amides is 1. The van der Waals surface area contributed by atoms with Crippen LogP contribution in [0.25, 0.3) is 0 Å². The first-order valence-corrected chi connectivity index (χ1v) is 13.4. The molecule has 0 saturated carbocycles. The van der Waals surface area contributed by atoms with E-state index in [1.165, 1.54) is 29.1 Å². The van der Waals surface area contributed by atoms with Crippen molar-refractivity contribution in [1.82, 2.24) is 10.2 Å². The second-order valence-electron chi connectivity index (χ2n) is 8.25. The van der Waals surface area contributed by atoms with Crippen molar-refractivity contribution >= 4 is 29.4 Å². The van der Waals surface area contributed by atoms with Crippen LogP contribution in [0.4, 0.5) is 0 Å². The zero-order valence-corrected chi connectivity index (χ0v) is 20.3. The number of carbonyl (C=O) groups is 1. The van der Waals surface area contributed by atoms with Gasteiger partial charge in [0, 0.05) is 25.7 Å². The van der Waals surface area contributed by atoms with Crippen molar-refractivity contribution in [3.8, 4) is 11.5 Å². The van der Waals surface area contributed by atoms with E-state index in [0.29, 0.717) is 4.58 Å². The molecule has 2 aromatic carbocycles. The Balaban J connectivity index is 1.16. The molecule has 172 valence electrons. The Kier molecular flexibility index (Phi) is 8.65. The van der Waals surface area contributed by atoms with Crippen molar-refractivity contribution in [2.45, 2.75) is 36.4 Å². The highest BCUT2D eigenvalue weighted by molar-refractivity contribution is 8.16. The fourth-order valence-electron chi connectivity index (χ4n) is 4.08. The van der Waals surface area contributed by atoms with Gasteiger partial charge in [-0.2, -0.15) is 0 Å². The Bertz CT molecular complexity index is 864. The van der Waals surface area contributed by atoms with E-state index in [1.807, 2.05) is 47.8 Å². The molecule has 5 nitrogen and oxygen atoms in total. The maximum atomic E-state index is 12.4. The van der Waals surface area contributed by atoms with Crippen LogP contribution in [0, 0.1) is 0 Å². The SMILES string of the molecule is COc1cccc(CN2CCC(NC(=O)COc3ccc(C4SCCCS4)cc3)CC2)c1. The summed E-state index contributed by atoms with van der Waals surface area (Å²) in [5, 5.41) is 3.14. The monoisotopic (exact) mass is 472 g/mol. The Morgan fingerprint density at radius 3 is 2.53 bits per heavy atom. The predicted molar refractivity (Wildman–Crippen MR) is 134 cm³/mol. The van der Waals surface area contributed by atoms with Gasteiger partial charge in [-0.05, 0) is 66.2 Å². The van der Waals surface area contributed by atoms with Crippen LogP contribution in [0.3, 0.4) is 0 Å². The molecule has 0 bridgehead atoms. The lowest BCUT2D eigenvalue weighted by molar-refractivity contribution is -0.124. The lowest BCUT2D eigenvalue weighted by Crippen LogP contribution is -2.45. The van der Waals surface area contributed by atoms with Gasteiger partial charge in [-0.15, -0.1) is 23.5 Å². The minimum absolute atomic E-state index is 0.0429. The molecule has 0 atom stereocenters. The zero-order valence-electron chi connectivity index (χ0n) is 18.6. The zero-order chi connectivity index (χ0) is 22.2. The summed E-state index contributed by atoms with van der Waals surface area (Å²) in [7, 11) is 1.70. The van der Waals surface area contributed by atoms with Crippen molar-refractivity contribution in [3.63, 3.8) is 0 Å². The highest BCUT2D eigenvalue weighted by Crippen LogP contribution is 2.43. The van der Waals surface area contributed by atoms with Gasteiger partial charge in [0.2, 0.25) is 0 Å². The van der Waals surface area contributed by atoms with Gasteiger partial charge in [0.25, 0.3) is 5.91 Å². The van der Waals surface area contributed by atoms with E-state index in [9.17, 15) is 4.79 Å². The van der Waals surface area contributed by atoms with Crippen LogP contribution in [0.2, 0.25) is 0 Å². The third kappa shape index (κ3) is 6.83. The largest absolute Gasteiger partial charge is 0.497 e. The fraction of sp³-hybridized carbons (Fsp3) is 0.480. The van der Waals surface area contributed by atoms with Crippen LogP contribution < -0.4 is 14.8 Å².